The van der Waals surface area contributed by atoms with E-state index in [1.165, 1.54) is 33.1 Å². The molecule has 0 saturated carbocycles. The van der Waals surface area contributed by atoms with E-state index in [2.05, 4.69) is 13.5 Å². The first kappa shape index (κ1) is 27.6. The molecule has 0 spiro atoms. The number of hydrogen-bond donors (Lipinski definition) is 0. The smallest absolute Gasteiger partial charge is 0.303 e. The van der Waals surface area contributed by atoms with Crippen LogP contribution in [0.25, 0.3) is 0 Å². The molecule has 0 N–H and O–H groups in total. The summed E-state index contributed by atoms with van der Waals surface area (Å²) in [6.45, 7) is 12.2. The fourth-order valence-electron chi connectivity index (χ4n) is 4.07. The Morgan fingerprint density at radius 1 is 0.935 bits per heavy atom. The van der Waals surface area contributed by atoms with Gasteiger partial charge in [0.15, 0.2) is 21.4 Å². The molecule has 0 bridgehead atoms. The van der Waals surface area contributed by atoms with Crippen molar-refractivity contribution in [3.05, 3.63) is 12.2 Å². The molecule has 0 amide bonds. The molecule has 180 valence electrons. The average molecular weight is 461 g/mol. The quantitative estimate of drug-likeness (QED) is 0.229. The maximum Gasteiger partial charge on any atom is 0.303 e. The van der Waals surface area contributed by atoms with Gasteiger partial charge in [0.05, 0.1) is 11.9 Å². The van der Waals surface area contributed by atoms with Gasteiger partial charge in [-0.15, -0.1) is 0 Å². The zero-order chi connectivity index (χ0) is 23.6. The molecule has 0 aromatic carbocycles. The molecule has 1 aliphatic heterocycles. The molecule has 0 radical (unpaired) electrons. The first-order valence-electron chi connectivity index (χ1n) is 11.4. The van der Waals surface area contributed by atoms with Crippen LogP contribution < -0.4 is 0 Å². The monoisotopic (exact) mass is 460 g/mol. The highest BCUT2D eigenvalue weighted by Gasteiger charge is 2.52. The lowest BCUT2D eigenvalue weighted by Gasteiger charge is -2.43. The number of hydrogen-bond acceptors (Lipinski definition) is 7. The Kier molecular flexibility index (Phi) is 11.8. The summed E-state index contributed by atoms with van der Waals surface area (Å²) >= 11 is 0. The van der Waals surface area contributed by atoms with Crippen LogP contribution in [0.3, 0.4) is 0 Å². The van der Waals surface area contributed by atoms with Crippen LogP contribution in [0.1, 0.15) is 86.0 Å². The number of esters is 2. The molecule has 0 aromatic rings. The lowest BCUT2D eigenvalue weighted by molar-refractivity contribution is -0.208. The summed E-state index contributed by atoms with van der Waals surface area (Å²) in [5.41, 5.74) is -0.792. The second-order valence-electron chi connectivity index (χ2n) is 8.53. The fourth-order valence-corrected chi connectivity index (χ4v) is 5.88. The van der Waals surface area contributed by atoms with Crippen molar-refractivity contribution in [3.8, 4) is 0 Å². The van der Waals surface area contributed by atoms with Crippen LogP contribution in [-0.2, 0) is 33.6 Å². The summed E-state index contributed by atoms with van der Waals surface area (Å²) in [5.74, 6) is -1.79. The number of unbranched alkanes of at least 4 members (excludes halogenated alkanes) is 5. The molecular weight excluding hydrogens is 420 g/mol. The van der Waals surface area contributed by atoms with Crippen molar-refractivity contribution >= 4 is 21.8 Å². The second-order valence-corrected chi connectivity index (χ2v) is 10.6. The summed E-state index contributed by atoms with van der Waals surface area (Å²) < 4.78 is 43.1. The summed E-state index contributed by atoms with van der Waals surface area (Å²) in [7, 11) is -3.85. The van der Waals surface area contributed by atoms with Gasteiger partial charge < -0.3 is 14.2 Å². The van der Waals surface area contributed by atoms with Gasteiger partial charge in [-0.1, -0.05) is 65.0 Å². The minimum absolute atomic E-state index is 0.248. The van der Waals surface area contributed by atoms with Gasteiger partial charge in [-0.05, 0) is 19.3 Å². The molecule has 1 unspecified atom stereocenters. The SMILES string of the molecule is C=C(CCCCCCCC)CS(=O)(=O)C1O[C@H](CC)[C@@H](C)[C@H](OC(C)=O)[C@H]1OC(C)=O. The van der Waals surface area contributed by atoms with Gasteiger partial charge in [0.2, 0.25) is 0 Å². The van der Waals surface area contributed by atoms with Gasteiger partial charge in [0.25, 0.3) is 0 Å². The number of rotatable bonds is 13. The first-order chi connectivity index (χ1) is 14.5. The highest BCUT2D eigenvalue weighted by atomic mass is 32.2. The highest BCUT2D eigenvalue weighted by molar-refractivity contribution is 7.92. The molecule has 31 heavy (non-hydrogen) atoms. The van der Waals surface area contributed by atoms with E-state index in [4.69, 9.17) is 14.2 Å². The molecule has 0 aliphatic carbocycles. The molecule has 8 heteroatoms. The zero-order valence-corrected chi connectivity index (χ0v) is 20.5. The third-order valence-corrected chi connectivity index (χ3v) is 7.55. The summed E-state index contributed by atoms with van der Waals surface area (Å²) in [6, 6.07) is 0. The Bertz CT molecular complexity index is 701. The predicted octanol–water partition coefficient (Wildman–Crippen LogP) is 4.34. The molecule has 1 aliphatic rings. The van der Waals surface area contributed by atoms with Crippen LogP contribution in [0, 0.1) is 5.92 Å². The first-order valence-corrected chi connectivity index (χ1v) is 13.1. The maximum atomic E-state index is 13.2. The number of sulfone groups is 1. The van der Waals surface area contributed by atoms with Crippen molar-refractivity contribution in [1.82, 2.24) is 0 Å². The Morgan fingerprint density at radius 2 is 1.48 bits per heavy atom. The lowest BCUT2D eigenvalue weighted by Crippen LogP contribution is -2.59. The third-order valence-electron chi connectivity index (χ3n) is 5.66. The normalized spacial score (nSPS) is 26.3. The molecule has 1 saturated heterocycles. The third kappa shape index (κ3) is 8.93. The van der Waals surface area contributed by atoms with Gasteiger partial charge >= 0.3 is 11.9 Å². The van der Waals surface area contributed by atoms with Gasteiger partial charge in [0.1, 0.15) is 6.10 Å². The van der Waals surface area contributed by atoms with E-state index < -0.39 is 45.5 Å². The fraction of sp³-hybridized carbons (Fsp3) is 0.826. The van der Waals surface area contributed by atoms with Crippen molar-refractivity contribution in [3.63, 3.8) is 0 Å². The van der Waals surface area contributed by atoms with Gasteiger partial charge in [-0.2, -0.15) is 0 Å². The molecule has 7 nitrogen and oxygen atoms in total. The van der Waals surface area contributed by atoms with Crippen molar-refractivity contribution in [2.75, 3.05) is 5.75 Å². The van der Waals surface area contributed by atoms with Gasteiger partial charge in [-0.25, -0.2) is 8.42 Å². The average Bonchev–Trinajstić information content (AvgIpc) is 2.66. The van der Waals surface area contributed by atoms with Crippen LogP contribution in [0.2, 0.25) is 0 Å². The molecule has 1 heterocycles. The second kappa shape index (κ2) is 13.2. The van der Waals surface area contributed by atoms with E-state index in [1.54, 1.807) is 6.92 Å². The van der Waals surface area contributed by atoms with Gasteiger partial charge in [-0.3, -0.25) is 9.59 Å². The highest BCUT2D eigenvalue weighted by Crippen LogP contribution is 2.35. The van der Waals surface area contributed by atoms with Crippen molar-refractivity contribution in [1.29, 1.82) is 0 Å². The number of carbonyl (C=O) groups excluding carboxylic acids is 2. The van der Waals surface area contributed by atoms with E-state index in [9.17, 15) is 18.0 Å². The van der Waals surface area contributed by atoms with Crippen LogP contribution in [0.5, 0.6) is 0 Å². The molecule has 0 aromatic heterocycles. The zero-order valence-electron chi connectivity index (χ0n) is 19.7. The van der Waals surface area contributed by atoms with Crippen LogP contribution in [0.15, 0.2) is 12.2 Å². The Labute approximate surface area is 187 Å². The summed E-state index contributed by atoms with van der Waals surface area (Å²) in [4.78, 5) is 23.4. The topological polar surface area (TPSA) is 96.0 Å². The van der Waals surface area contributed by atoms with Crippen LogP contribution in [-0.4, -0.2) is 49.9 Å². The van der Waals surface area contributed by atoms with Crippen molar-refractivity contribution in [2.45, 2.75) is 110 Å². The van der Waals surface area contributed by atoms with E-state index in [-0.39, 0.29) is 11.7 Å². The van der Waals surface area contributed by atoms with Crippen LogP contribution >= 0.6 is 0 Å². The van der Waals surface area contributed by atoms with E-state index in [0.29, 0.717) is 18.4 Å². The number of carbonyl (C=O) groups is 2. The molecular formula is C23H40O7S. The van der Waals surface area contributed by atoms with Gasteiger partial charge in [0, 0.05) is 19.8 Å². The Hall–Kier alpha value is -1.41. The van der Waals surface area contributed by atoms with Crippen molar-refractivity contribution < 1.29 is 32.2 Å². The van der Waals surface area contributed by atoms with E-state index in [1.807, 2.05) is 6.92 Å². The molecule has 1 rings (SSSR count). The minimum atomic E-state index is -3.85. The van der Waals surface area contributed by atoms with E-state index >= 15 is 0 Å². The molecule has 5 atom stereocenters. The predicted molar refractivity (Wildman–Crippen MR) is 120 cm³/mol. The standard InChI is InChI=1S/C23H40O7S/c1-7-9-10-11-12-13-14-16(3)15-31(26,27)23-22(29-19(6)25)21(28-18(5)24)17(4)20(8-2)30-23/h17,20-23H,3,7-15H2,1-2,4-6H3/t17-,20-,21+,22-,23?/m1/s1. The van der Waals surface area contributed by atoms with Crippen LogP contribution in [0.4, 0.5) is 0 Å². The maximum absolute atomic E-state index is 13.2. The largest absolute Gasteiger partial charge is 0.458 e. The Morgan fingerprint density at radius 3 is 2.03 bits per heavy atom. The van der Waals surface area contributed by atoms with E-state index in [0.717, 1.165) is 19.3 Å². The molecule has 1 fully saturated rings. The minimum Gasteiger partial charge on any atom is -0.458 e. The number of ether oxygens (including phenoxy) is 3. The summed E-state index contributed by atoms with van der Waals surface area (Å²) in [6.07, 6.45) is 5.26. The Balaban J connectivity index is 2.94. The lowest BCUT2D eigenvalue weighted by atomic mass is 9.89. The summed E-state index contributed by atoms with van der Waals surface area (Å²) in [5, 5.41) is 0. The van der Waals surface area contributed by atoms with Crippen molar-refractivity contribution in [2.24, 2.45) is 5.92 Å².